The third kappa shape index (κ3) is 1.27. The van der Waals surface area contributed by atoms with Crippen LogP contribution in [0, 0.1) is 0 Å². The van der Waals surface area contributed by atoms with E-state index in [1.165, 1.54) is 14.8 Å². The van der Waals surface area contributed by atoms with Crippen molar-refractivity contribution in [3.8, 4) is 0 Å². The lowest BCUT2D eigenvalue weighted by atomic mass is 9.78. The average Bonchev–Trinajstić information content (AvgIpc) is 2.07. The number of hydrogen-bond acceptors (Lipinski definition) is 4. The Morgan fingerprint density at radius 2 is 2.08 bits per heavy atom. The minimum absolute atomic E-state index is 0.939. The molecule has 5 heteroatoms. The molecule has 70 valence electrons. The van der Waals surface area contributed by atoms with Crippen LogP contribution in [0.25, 0.3) is 0 Å². The molecule has 1 aliphatic rings. The van der Waals surface area contributed by atoms with E-state index in [0.29, 0.717) is 0 Å². The highest BCUT2D eigenvalue weighted by atomic mass is 16.6. The van der Waals surface area contributed by atoms with Crippen LogP contribution in [0.15, 0.2) is 0 Å². The zero-order valence-corrected chi connectivity index (χ0v) is 7.25. The van der Waals surface area contributed by atoms with Crippen molar-refractivity contribution < 1.29 is 25.5 Å². The van der Waals surface area contributed by atoms with Gasteiger partial charge in [-0.1, -0.05) is 0 Å². The minimum atomic E-state index is -3.08. The normalized spacial score (nSPS) is 72.8. The Bertz CT molecular complexity index is 314. The summed E-state index contributed by atoms with van der Waals surface area (Å²) < 4.78 is 34.4. The first-order valence-electron chi connectivity index (χ1n) is 5.58. The molecule has 0 aromatic rings. The van der Waals surface area contributed by atoms with Crippen molar-refractivity contribution in [1.82, 2.24) is 0 Å². The largest absolute Gasteiger partial charge is 0.393 e. The second-order valence-electron chi connectivity index (χ2n) is 3.45. The van der Waals surface area contributed by atoms with Crippen LogP contribution in [-0.2, 0) is 4.74 Å². The Kier molecular flexibility index (Phi) is 1.26. The van der Waals surface area contributed by atoms with Crippen LogP contribution in [-0.4, -0.2) is 53.0 Å². The molecule has 0 aromatic heterocycles. The van der Waals surface area contributed by atoms with Crippen molar-refractivity contribution in [2.24, 2.45) is 0 Å². The number of hydrogen-bond donors (Lipinski definition) is 3. The summed E-state index contributed by atoms with van der Waals surface area (Å²) in [5.41, 5.74) is -4.13. The highest BCUT2D eigenvalue weighted by Crippen LogP contribution is 2.35. The lowest BCUT2D eigenvalue weighted by Gasteiger charge is -2.26. The standard InChI is InChI=1S/C7H15BO4/c1-6(3-9)4(10)5(11)7(2,8)12-6/h4-5,9-11H,3,8H2,1-2H3/t4?,5-,6+,7+/m0/s1/i3D2,4D,5D. The van der Waals surface area contributed by atoms with Crippen LogP contribution in [0.4, 0.5) is 0 Å². The summed E-state index contributed by atoms with van der Waals surface area (Å²) in [6.07, 6.45) is -5.79. The van der Waals surface area contributed by atoms with E-state index in [2.05, 4.69) is 0 Å². The van der Waals surface area contributed by atoms with Gasteiger partial charge in [-0.25, -0.2) is 0 Å². The molecule has 4 atom stereocenters. The van der Waals surface area contributed by atoms with E-state index in [9.17, 15) is 15.3 Å². The molecule has 3 N–H and O–H groups in total. The molecule has 4 nitrogen and oxygen atoms in total. The van der Waals surface area contributed by atoms with Gasteiger partial charge in [0.2, 0.25) is 0 Å². The summed E-state index contributed by atoms with van der Waals surface area (Å²) >= 11 is 0. The van der Waals surface area contributed by atoms with Gasteiger partial charge in [0, 0.05) is 0 Å². The van der Waals surface area contributed by atoms with Crippen molar-refractivity contribution >= 4 is 7.85 Å². The topological polar surface area (TPSA) is 69.9 Å². The lowest BCUT2D eigenvalue weighted by molar-refractivity contribution is -0.106. The van der Waals surface area contributed by atoms with Crippen LogP contribution >= 0.6 is 0 Å². The third-order valence-electron chi connectivity index (χ3n) is 1.92. The highest BCUT2D eigenvalue weighted by Gasteiger charge is 2.54. The molecule has 1 unspecified atom stereocenters. The van der Waals surface area contributed by atoms with Gasteiger partial charge in [0.05, 0.1) is 17.5 Å². The summed E-state index contributed by atoms with van der Waals surface area (Å²) in [6, 6.07) is 0. The fraction of sp³-hybridized carbons (Fsp3) is 1.00. The van der Waals surface area contributed by atoms with Crippen LogP contribution < -0.4 is 0 Å². The molecule has 0 aromatic carbocycles. The summed E-state index contributed by atoms with van der Waals surface area (Å²) in [6.45, 7) is -0.906. The molecule has 1 heterocycles. The minimum Gasteiger partial charge on any atom is -0.393 e. The van der Waals surface area contributed by atoms with E-state index < -0.39 is 29.8 Å². The maximum absolute atomic E-state index is 9.82. The van der Waals surface area contributed by atoms with Crippen molar-refractivity contribution in [2.45, 2.75) is 37.1 Å². The SMILES string of the molecule is [2H]C([2H])(O)[C@@]1(C)O[C@](B)(C)[C@@]([2H])(O)C1([2H])O. The van der Waals surface area contributed by atoms with Crippen LogP contribution in [0.2, 0.25) is 0 Å². The molecule has 1 saturated heterocycles. The maximum atomic E-state index is 9.82. The van der Waals surface area contributed by atoms with Gasteiger partial charge in [0.15, 0.2) is 0 Å². The van der Waals surface area contributed by atoms with Crippen LogP contribution in [0.1, 0.15) is 19.3 Å². The summed E-state index contributed by atoms with van der Waals surface area (Å²) in [7, 11) is 1.23. The molecule has 1 fully saturated rings. The molecule has 1 rings (SSSR count). The van der Waals surface area contributed by atoms with Gasteiger partial charge in [-0.3, -0.25) is 0 Å². The van der Waals surface area contributed by atoms with E-state index in [-0.39, 0.29) is 0 Å². The van der Waals surface area contributed by atoms with Crippen molar-refractivity contribution in [2.75, 3.05) is 6.56 Å². The second kappa shape index (κ2) is 2.70. The van der Waals surface area contributed by atoms with Crippen molar-refractivity contribution in [3.05, 3.63) is 0 Å². The first kappa shape index (κ1) is 5.60. The molecular weight excluding hydrogens is 159 g/mol. The van der Waals surface area contributed by atoms with E-state index in [1.54, 1.807) is 0 Å². The van der Waals surface area contributed by atoms with Gasteiger partial charge in [-0.05, 0) is 13.8 Å². The summed E-state index contributed by atoms with van der Waals surface area (Å²) in [5.74, 6) is 0. The van der Waals surface area contributed by atoms with Gasteiger partial charge >= 0.3 is 0 Å². The fourth-order valence-electron chi connectivity index (χ4n) is 1.19. The second-order valence-corrected chi connectivity index (χ2v) is 3.45. The quantitative estimate of drug-likeness (QED) is 0.400. The smallest absolute Gasteiger partial charge is 0.146 e. The zero-order chi connectivity index (χ0) is 13.2. The maximum Gasteiger partial charge on any atom is 0.146 e. The van der Waals surface area contributed by atoms with Crippen molar-refractivity contribution in [3.63, 3.8) is 0 Å². The van der Waals surface area contributed by atoms with Crippen molar-refractivity contribution in [1.29, 1.82) is 0 Å². The summed E-state index contributed by atoms with van der Waals surface area (Å²) in [5, 5.41) is 28.9. The fourth-order valence-corrected chi connectivity index (χ4v) is 1.19. The van der Waals surface area contributed by atoms with E-state index in [1.807, 2.05) is 0 Å². The Labute approximate surface area is 78.2 Å². The Morgan fingerprint density at radius 3 is 2.25 bits per heavy atom. The highest BCUT2D eigenvalue weighted by molar-refractivity contribution is 6.15. The molecule has 1 aliphatic heterocycles. The predicted octanol–water partition coefficient (Wildman–Crippen LogP) is -2.16. The number of aliphatic hydroxyl groups is 3. The number of rotatable bonds is 1. The van der Waals surface area contributed by atoms with Crippen LogP contribution in [0.5, 0.6) is 0 Å². The Morgan fingerprint density at radius 1 is 1.58 bits per heavy atom. The monoisotopic (exact) mass is 178 g/mol. The van der Waals surface area contributed by atoms with E-state index in [4.69, 9.17) is 10.2 Å². The predicted molar refractivity (Wildman–Crippen MR) is 45.5 cm³/mol. The van der Waals surface area contributed by atoms with E-state index >= 15 is 0 Å². The van der Waals surface area contributed by atoms with Gasteiger partial charge in [0.25, 0.3) is 0 Å². The molecule has 0 saturated carbocycles. The molecule has 0 bridgehead atoms. The molecule has 12 heavy (non-hydrogen) atoms. The zero-order valence-electron chi connectivity index (χ0n) is 11.2. The van der Waals surface area contributed by atoms with Gasteiger partial charge in [-0.2, -0.15) is 0 Å². The first-order chi connectivity index (χ1) is 6.71. The van der Waals surface area contributed by atoms with Gasteiger partial charge in [-0.15, -0.1) is 0 Å². The van der Waals surface area contributed by atoms with E-state index in [0.717, 1.165) is 6.92 Å². The molecular formula is C7H15BO4. The number of ether oxygens (including phenoxy) is 1. The average molecular weight is 178 g/mol. The molecule has 0 radical (unpaired) electrons. The Hall–Kier alpha value is -0.0951. The summed E-state index contributed by atoms with van der Waals surface area (Å²) in [4.78, 5) is 0. The molecule has 0 amide bonds. The third-order valence-corrected chi connectivity index (χ3v) is 1.92. The van der Waals surface area contributed by atoms with Gasteiger partial charge in [0.1, 0.15) is 25.6 Å². The molecule has 0 spiro atoms. The van der Waals surface area contributed by atoms with Crippen LogP contribution in [0.3, 0.4) is 0 Å². The Balaban J connectivity index is 3.41. The lowest BCUT2D eigenvalue weighted by Crippen LogP contribution is -2.44. The van der Waals surface area contributed by atoms with Gasteiger partial charge < -0.3 is 20.1 Å². The first-order valence-corrected chi connectivity index (χ1v) is 3.58. The molecule has 0 aliphatic carbocycles.